The van der Waals surface area contributed by atoms with E-state index in [2.05, 4.69) is 138 Å². The SMILES string of the molecule is c1ccc(-c2ccc3c4c5oc6c(-c7ccc(-c8nc(-c9ccccc9)nc(-c9ccccc9)n8)cc7)cccc6c5ccc4n(-c4ccccc4)c3c2)cc1. The van der Waals surface area contributed by atoms with Crippen molar-refractivity contribution in [3.63, 3.8) is 0 Å². The van der Waals surface area contributed by atoms with E-state index in [1.54, 1.807) is 0 Å². The van der Waals surface area contributed by atoms with Crippen molar-refractivity contribution in [1.29, 1.82) is 0 Å². The summed E-state index contributed by atoms with van der Waals surface area (Å²) < 4.78 is 9.38. The molecule has 3 aromatic heterocycles. The smallest absolute Gasteiger partial charge is 0.164 e. The topological polar surface area (TPSA) is 56.7 Å². The van der Waals surface area contributed by atoms with Crippen molar-refractivity contribution >= 4 is 43.7 Å². The van der Waals surface area contributed by atoms with Crippen LogP contribution in [0, 0.1) is 0 Å². The lowest BCUT2D eigenvalue weighted by Gasteiger charge is -2.09. The Labute approximate surface area is 322 Å². The van der Waals surface area contributed by atoms with Gasteiger partial charge >= 0.3 is 0 Å². The van der Waals surface area contributed by atoms with E-state index in [4.69, 9.17) is 19.4 Å². The summed E-state index contributed by atoms with van der Waals surface area (Å²) in [5, 5.41) is 4.44. The van der Waals surface area contributed by atoms with Crippen LogP contribution in [0.25, 0.3) is 106 Å². The summed E-state index contributed by atoms with van der Waals surface area (Å²) in [5.74, 6) is 1.91. The number of para-hydroxylation sites is 2. The van der Waals surface area contributed by atoms with Gasteiger partial charge in [0.1, 0.15) is 11.2 Å². The molecular formula is C51H32N4O. The number of benzene rings is 8. The maximum Gasteiger partial charge on any atom is 0.164 e. The molecule has 11 aromatic rings. The molecule has 11 rings (SSSR count). The van der Waals surface area contributed by atoms with Crippen LogP contribution in [0.3, 0.4) is 0 Å². The first-order valence-corrected chi connectivity index (χ1v) is 18.8. The molecule has 0 bridgehead atoms. The Bertz CT molecular complexity index is 3150. The van der Waals surface area contributed by atoms with Crippen LogP contribution in [0.1, 0.15) is 0 Å². The van der Waals surface area contributed by atoms with E-state index in [0.717, 1.165) is 77.2 Å². The molecule has 262 valence electrons. The van der Waals surface area contributed by atoms with Gasteiger partial charge in [-0.3, -0.25) is 0 Å². The molecule has 0 saturated heterocycles. The zero-order chi connectivity index (χ0) is 37.0. The standard InChI is InChI=1S/C51H32N4O/c1-5-14-33(15-6-1)38-28-29-43-45(32-38)55(39-20-11-4-12-21-39)44-31-30-42-41-23-13-22-40(47(41)56-48(42)46(43)44)34-24-26-37(27-25-34)51-53-49(35-16-7-2-8-17-35)52-50(54-51)36-18-9-3-10-19-36/h1-32H. The van der Waals surface area contributed by atoms with Crippen molar-refractivity contribution in [2.75, 3.05) is 0 Å². The molecule has 0 unspecified atom stereocenters. The normalized spacial score (nSPS) is 11.6. The largest absolute Gasteiger partial charge is 0.455 e. The molecule has 0 aliphatic heterocycles. The molecule has 0 amide bonds. The quantitative estimate of drug-likeness (QED) is 0.172. The van der Waals surface area contributed by atoms with Crippen LogP contribution in [0.4, 0.5) is 0 Å². The van der Waals surface area contributed by atoms with Crippen molar-refractivity contribution in [2.24, 2.45) is 0 Å². The fourth-order valence-electron chi connectivity index (χ4n) is 7.99. The highest BCUT2D eigenvalue weighted by molar-refractivity contribution is 6.25. The molecule has 5 nitrogen and oxygen atoms in total. The van der Waals surface area contributed by atoms with Crippen molar-refractivity contribution < 1.29 is 4.42 Å². The molecule has 3 heterocycles. The van der Waals surface area contributed by atoms with Crippen LogP contribution in [0.5, 0.6) is 0 Å². The van der Waals surface area contributed by atoms with Crippen LogP contribution in [-0.4, -0.2) is 19.5 Å². The average Bonchev–Trinajstić information content (AvgIpc) is 3.83. The molecule has 0 spiro atoms. The summed E-state index contributed by atoms with van der Waals surface area (Å²) in [5.41, 5.74) is 12.3. The number of furan rings is 1. The molecule has 0 N–H and O–H groups in total. The lowest BCUT2D eigenvalue weighted by Crippen LogP contribution is -2.00. The van der Waals surface area contributed by atoms with Gasteiger partial charge in [-0.2, -0.15) is 0 Å². The second-order valence-electron chi connectivity index (χ2n) is 14.0. The number of nitrogens with zero attached hydrogens (tertiary/aromatic N) is 4. The third-order valence-electron chi connectivity index (χ3n) is 10.7. The molecule has 0 fully saturated rings. The molecule has 56 heavy (non-hydrogen) atoms. The lowest BCUT2D eigenvalue weighted by atomic mass is 10.0. The first-order chi connectivity index (χ1) is 27.8. The second-order valence-corrected chi connectivity index (χ2v) is 14.0. The molecule has 0 radical (unpaired) electrons. The zero-order valence-corrected chi connectivity index (χ0v) is 30.2. The summed E-state index contributed by atoms with van der Waals surface area (Å²) in [6.07, 6.45) is 0. The van der Waals surface area contributed by atoms with Gasteiger partial charge in [-0.25, -0.2) is 15.0 Å². The highest BCUT2D eigenvalue weighted by atomic mass is 16.3. The minimum absolute atomic E-state index is 0.624. The molecule has 8 aromatic carbocycles. The van der Waals surface area contributed by atoms with E-state index in [9.17, 15) is 0 Å². The van der Waals surface area contributed by atoms with Gasteiger partial charge in [-0.15, -0.1) is 0 Å². The number of hydrogen-bond acceptors (Lipinski definition) is 4. The van der Waals surface area contributed by atoms with E-state index >= 15 is 0 Å². The van der Waals surface area contributed by atoms with Crippen LogP contribution in [0.2, 0.25) is 0 Å². The summed E-state index contributed by atoms with van der Waals surface area (Å²) in [4.78, 5) is 14.7. The molecule has 0 aliphatic rings. The third kappa shape index (κ3) is 5.29. The average molecular weight is 717 g/mol. The predicted molar refractivity (Wildman–Crippen MR) is 229 cm³/mol. The molecule has 0 aliphatic carbocycles. The number of hydrogen-bond donors (Lipinski definition) is 0. The first-order valence-electron chi connectivity index (χ1n) is 18.8. The molecule has 5 heteroatoms. The maximum atomic E-state index is 7.02. The van der Waals surface area contributed by atoms with Crippen molar-refractivity contribution in [2.45, 2.75) is 0 Å². The fraction of sp³-hybridized carbons (Fsp3) is 0. The van der Waals surface area contributed by atoms with E-state index in [0.29, 0.717) is 17.5 Å². The Kier molecular flexibility index (Phi) is 7.42. The Balaban J connectivity index is 1.06. The van der Waals surface area contributed by atoms with Crippen molar-refractivity contribution in [1.82, 2.24) is 19.5 Å². The lowest BCUT2D eigenvalue weighted by molar-refractivity contribution is 0.674. The highest BCUT2D eigenvalue weighted by Crippen LogP contribution is 2.43. The fourth-order valence-corrected chi connectivity index (χ4v) is 7.99. The number of aromatic nitrogens is 4. The number of fused-ring (bicyclic) bond motifs is 7. The van der Waals surface area contributed by atoms with Crippen LogP contribution >= 0.6 is 0 Å². The van der Waals surface area contributed by atoms with Gasteiger partial charge in [0.15, 0.2) is 17.5 Å². The second kappa shape index (κ2) is 13.0. The van der Waals surface area contributed by atoms with Gasteiger partial charge in [0.05, 0.1) is 16.4 Å². The maximum absolute atomic E-state index is 7.02. The van der Waals surface area contributed by atoms with Crippen LogP contribution < -0.4 is 0 Å². The minimum atomic E-state index is 0.624. The van der Waals surface area contributed by atoms with Gasteiger partial charge in [0, 0.05) is 44.1 Å². The van der Waals surface area contributed by atoms with Crippen molar-refractivity contribution in [3.05, 3.63) is 194 Å². The minimum Gasteiger partial charge on any atom is -0.455 e. The molecular weight excluding hydrogens is 685 g/mol. The summed E-state index contributed by atoms with van der Waals surface area (Å²) in [6.45, 7) is 0. The van der Waals surface area contributed by atoms with Crippen LogP contribution in [0.15, 0.2) is 199 Å². The van der Waals surface area contributed by atoms with E-state index in [1.807, 2.05) is 60.7 Å². The molecule has 0 saturated carbocycles. The Hall–Kier alpha value is -7.63. The Morgan fingerprint density at radius 3 is 1.46 bits per heavy atom. The first kappa shape index (κ1) is 31.9. The summed E-state index contributed by atoms with van der Waals surface area (Å²) >= 11 is 0. The highest BCUT2D eigenvalue weighted by Gasteiger charge is 2.21. The molecule has 0 atom stereocenters. The Morgan fingerprint density at radius 2 is 0.839 bits per heavy atom. The van der Waals surface area contributed by atoms with E-state index in [1.165, 1.54) is 11.1 Å². The van der Waals surface area contributed by atoms with E-state index in [-0.39, 0.29) is 0 Å². The predicted octanol–water partition coefficient (Wildman–Crippen LogP) is 13.2. The van der Waals surface area contributed by atoms with E-state index < -0.39 is 0 Å². The summed E-state index contributed by atoms with van der Waals surface area (Å²) in [6, 6.07) is 67.4. The van der Waals surface area contributed by atoms with Gasteiger partial charge in [-0.05, 0) is 47.0 Å². The van der Waals surface area contributed by atoms with Crippen molar-refractivity contribution in [3.8, 4) is 62.1 Å². The number of rotatable bonds is 6. The zero-order valence-electron chi connectivity index (χ0n) is 30.2. The van der Waals surface area contributed by atoms with Gasteiger partial charge < -0.3 is 8.98 Å². The summed E-state index contributed by atoms with van der Waals surface area (Å²) in [7, 11) is 0. The Morgan fingerprint density at radius 1 is 0.339 bits per heavy atom. The van der Waals surface area contributed by atoms with Gasteiger partial charge in [-0.1, -0.05) is 164 Å². The van der Waals surface area contributed by atoms with Gasteiger partial charge in [0.25, 0.3) is 0 Å². The monoisotopic (exact) mass is 716 g/mol. The third-order valence-corrected chi connectivity index (χ3v) is 10.7. The van der Waals surface area contributed by atoms with Crippen LogP contribution in [-0.2, 0) is 0 Å². The van der Waals surface area contributed by atoms with Gasteiger partial charge in [0.2, 0.25) is 0 Å².